The van der Waals surface area contributed by atoms with E-state index in [0.717, 1.165) is 25.7 Å². The molecule has 1 saturated heterocycles. The SMILES string of the molecule is CCCCCCCC/C=C/CCCCCCCC(=O)Nc1nnc(NC2CCN(C(=O)OCC)CC2)s1. The van der Waals surface area contributed by atoms with Crippen LogP contribution in [0.1, 0.15) is 117 Å². The summed E-state index contributed by atoms with van der Waals surface area (Å²) in [5, 5.41) is 15.7. The van der Waals surface area contributed by atoms with Gasteiger partial charge in [0.2, 0.25) is 16.2 Å². The van der Waals surface area contributed by atoms with Crippen molar-refractivity contribution in [2.45, 2.75) is 123 Å². The van der Waals surface area contributed by atoms with Crippen LogP contribution in [0.4, 0.5) is 15.1 Å². The molecule has 0 radical (unpaired) electrons. The van der Waals surface area contributed by atoms with Crippen LogP contribution >= 0.6 is 11.3 Å². The maximum atomic E-state index is 12.2. The molecule has 0 aromatic carbocycles. The zero-order chi connectivity index (χ0) is 26.6. The summed E-state index contributed by atoms with van der Waals surface area (Å²) in [5.74, 6) is 0.00284. The smallest absolute Gasteiger partial charge is 0.409 e. The molecule has 210 valence electrons. The van der Waals surface area contributed by atoms with Crippen LogP contribution in [0.25, 0.3) is 0 Å². The van der Waals surface area contributed by atoms with Gasteiger partial charge < -0.3 is 20.3 Å². The average Bonchev–Trinajstić information content (AvgIpc) is 3.33. The fraction of sp³-hybridized carbons (Fsp3) is 0.786. The third kappa shape index (κ3) is 14.4. The number of rotatable bonds is 19. The van der Waals surface area contributed by atoms with Crippen molar-refractivity contribution in [1.82, 2.24) is 15.1 Å². The molecule has 0 bridgehead atoms. The molecule has 0 spiro atoms. The molecule has 0 aliphatic carbocycles. The molecule has 2 heterocycles. The second kappa shape index (κ2) is 19.9. The Bertz CT molecular complexity index is 778. The van der Waals surface area contributed by atoms with Gasteiger partial charge in [0, 0.05) is 25.6 Å². The van der Waals surface area contributed by atoms with Crippen molar-refractivity contribution in [3.63, 3.8) is 0 Å². The largest absolute Gasteiger partial charge is 0.450 e. The second-order valence-electron chi connectivity index (χ2n) is 9.90. The van der Waals surface area contributed by atoms with Crippen LogP contribution in [-0.4, -0.2) is 52.8 Å². The van der Waals surface area contributed by atoms with Gasteiger partial charge in [-0.3, -0.25) is 4.79 Å². The lowest BCUT2D eigenvalue weighted by Gasteiger charge is -2.31. The molecule has 1 aromatic heterocycles. The number of nitrogens with one attached hydrogen (secondary N) is 2. The minimum Gasteiger partial charge on any atom is -0.450 e. The summed E-state index contributed by atoms with van der Waals surface area (Å²) < 4.78 is 5.06. The maximum absolute atomic E-state index is 12.2. The van der Waals surface area contributed by atoms with Crippen molar-refractivity contribution in [3.05, 3.63) is 12.2 Å². The number of anilines is 2. The highest BCUT2D eigenvalue weighted by molar-refractivity contribution is 7.19. The first-order valence-electron chi connectivity index (χ1n) is 14.6. The van der Waals surface area contributed by atoms with Gasteiger partial charge in [0.15, 0.2) is 0 Å². The lowest BCUT2D eigenvalue weighted by molar-refractivity contribution is -0.116. The molecule has 1 aliphatic heterocycles. The third-order valence-electron chi connectivity index (χ3n) is 6.69. The Kier molecular flexibility index (Phi) is 16.7. The summed E-state index contributed by atoms with van der Waals surface area (Å²) in [6.45, 7) is 5.80. The number of unbranched alkanes of at least 4 members (excludes halogenated alkanes) is 11. The normalized spacial score (nSPS) is 14.3. The van der Waals surface area contributed by atoms with Gasteiger partial charge in [-0.15, -0.1) is 10.2 Å². The molecule has 1 aromatic rings. The molecule has 0 unspecified atom stereocenters. The molecule has 37 heavy (non-hydrogen) atoms. The Hall–Kier alpha value is -2.16. The van der Waals surface area contributed by atoms with Crippen LogP contribution in [0.15, 0.2) is 12.2 Å². The topological polar surface area (TPSA) is 96.5 Å². The van der Waals surface area contributed by atoms with Gasteiger partial charge >= 0.3 is 6.09 Å². The zero-order valence-electron chi connectivity index (χ0n) is 23.1. The molecular weight excluding hydrogens is 486 g/mol. The van der Waals surface area contributed by atoms with Crippen molar-refractivity contribution in [2.24, 2.45) is 0 Å². The highest BCUT2D eigenvalue weighted by atomic mass is 32.1. The lowest BCUT2D eigenvalue weighted by atomic mass is 10.1. The summed E-state index contributed by atoms with van der Waals surface area (Å²) in [5.41, 5.74) is 0. The van der Waals surface area contributed by atoms with Crippen molar-refractivity contribution < 1.29 is 14.3 Å². The number of aromatic nitrogens is 2. The van der Waals surface area contributed by atoms with Gasteiger partial charge in [0.25, 0.3) is 0 Å². The van der Waals surface area contributed by atoms with Gasteiger partial charge in [-0.25, -0.2) is 4.79 Å². The Balaban J connectivity index is 1.45. The van der Waals surface area contributed by atoms with E-state index in [-0.39, 0.29) is 18.0 Å². The predicted octanol–water partition coefficient (Wildman–Crippen LogP) is 7.55. The van der Waals surface area contributed by atoms with Crippen molar-refractivity contribution in [3.8, 4) is 0 Å². The van der Waals surface area contributed by atoms with Crippen molar-refractivity contribution in [1.29, 1.82) is 0 Å². The summed E-state index contributed by atoms with van der Waals surface area (Å²) >= 11 is 1.36. The van der Waals surface area contributed by atoms with E-state index < -0.39 is 0 Å². The van der Waals surface area contributed by atoms with Crippen molar-refractivity contribution >= 4 is 33.6 Å². The van der Waals surface area contributed by atoms with Crippen LogP contribution in [0.2, 0.25) is 0 Å². The summed E-state index contributed by atoms with van der Waals surface area (Å²) in [6.07, 6.45) is 22.9. The molecule has 9 heteroatoms. The highest BCUT2D eigenvalue weighted by Gasteiger charge is 2.24. The number of amides is 2. The second-order valence-corrected chi connectivity index (χ2v) is 10.9. The maximum Gasteiger partial charge on any atom is 0.409 e. The Morgan fingerprint density at radius 1 is 0.892 bits per heavy atom. The first-order chi connectivity index (χ1) is 18.1. The van der Waals surface area contributed by atoms with Gasteiger partial charge in [-0.05, 0) is 51.9 Å². The minimum absolute atomic E-state index is 0.00284. The van der Waals surface area contributed by atoms with E-state index in [9.17, 15) is 9.59 Å². The number of nitrogens with zero attached hydrogens (tertiary/aromatic N) is 3. The quantitative estimate of drug-likeness (QED) is 0.140. The molecule has 1 fully saturated rings. The Morgan fingerprint density at radius 3 is 2.14 bits per heavy atom. The predicted molar refractivity (Wildman–Crippen MR) is 153 cm³/mol. The van der Waals surface area contributed by atoms with Gasteiger partial charge in [-0.2, -0.15) is 0 Å². The van der Waals surface area contributed by atoms with Crippen molar-refractivity contribution in [2.75, 3.05) is 30.3 Å². The molecule has 1 aliphatic rings. The molecule has 8 nitrogen and oxygen atoms in total. The average molecular weight is 536 g/mol. The first kappa shape index (κ1) is 31.1. The zero-order valence-corrected chi connectivity index (χ0v) is 24.0. The molecule has 0 atom stereocenters. The first-order valence-corrected chi connectivity index (χ1v) is 15.4. The number of carbonyl (C=O) groups excluding carboxylic acids is 2. The summed E-state index contributed by atoms with van der Waals surface area (Å²) in [4.78, 5) is 25.8. The van der Waals surface area contributed by atoms with E-state index in [4.69, 9.17) is 4.74 Å². The van der Waals surface area contributed by atoms with E-state index in [2.05, 4.69) is 39.9 Å². The number of piperidine rings is 1. The molecule has 2 N–H and O–H groups in total. The monoisotopic (exact) mass is 535 g/mol. The number of likely N-dealkylation sites (tertiary alicyclic amines) is 1. The van der Waals surface area contributed by atoms with E-state index in [1.165, 1.54) is 82.0 Å². The highest BCUT2D eigenvalue weighted by Crippen LogP contribution is 2.24. The third-order valence-corrected chi connectivity index (χ3v) is 7.46. The Labute approximate surface area is 228 Å². The van der Waals surface area contributed by atoms with Crippen LogP contribution < -0.4 is 10.6 Å². The number of allylic oxidation sites excluding steroid dienone is 2. The van der Waals surface area contributed by atoms with E-state index in [1.54, 1.807) is 4.90 Å². The van der Waals surface area contributed by atoms with Gasteiger partial charge in [-0.1, -0.05) is 81.8 Å². The van der Waals surface area contributed by atoms with E-state index in [1.807, 2.05) is 6.92 Å². The van der Waals surface area contributed by atoms with Crippen LogP contribution in [0.3, 0.4) is 0 Å². The Morgan fingerprint density at radius 2 is 1.49 bits per heavy atom. The molecule has 2 amide bonds. The number of ether oxygens (including phenoxy) is 1. The van der Waals surface area contributed by atoms with Crippen LogP contribution in [0.5, 0.6) is 0 Å². The summed E-state index contributed by atoms with van der Waals surface area (Å²) in [7, 11) is 0. The van der Waals surface area contributed by atoms with Gasteiger partial charge in [0.05, 0.1) is 6.61 Å². The van der Waals surface area contributed by atoms with Crippen LogP contribution in [-0.2, 0) is 9.53 Å². The molecule has 2 rings (SSSR count). The van der Waals surface area contributed by atoms with Gasteiger partial charge in [0.1, 0.15) is 0 Å². The number of carbonyl (C=O) groups is 2. The van der Waals surface area contributed by atoms with E-state index in [0.29, 0.717) is 36.4 Å². The minimum atomic E-state index is -0.242. The number of hydrogen-bond acceptors (Lipinski definition) is 7. The lowest BCUT2D eigenvalue weighted by Crippen LogP contribution is -2.42. The summed E-state index contributed by atoms with van der Waals surface area (Å²) in [6, 6.07) is 0.234. The number of hydrogen-bond donors (Lipinski definition) is 2. The molecular formula is C28H49N5O3S. The fourth-order valence-corrected chi connectivity index (χ4v) is 5.20. The fourth-order valence-electron chi connectivity index (χ4n) is 4.47. The molecule has 0 saturated carbocycles. The van der Waals surface area contributed by atoms with E-state index >= 15 is 0 Å². The van der Waals surface area contributed by atoms with Crippen LogP contribution in [0, 0.1) is 0 Å². The standard InChI is InChI=1S/C28H49N5O3S/c1-3-5-6-7-8-9-10-11-12-13-14-15-16-17-18-19-25(34)30-27-32-31-26(37-27)29-24-20-22-33(23-21-24)28(35)36-4-2/h11-12,24H,3-10,13-23H2,1-2H3,(H,29,31)(H,30,32,34)/b12-11+.